The van der Waals surface area contributed by atoms with E-state index in [1.807, 2.05) is 0 Å². The second-order valence-corrected chi connectivity index (χ2v) is 12.9. The van der Waals surface area contributed by atoms with Gasteiger partial charge in [-0.1, -0.05) is 11.6 Å². The van der Waals surface area contributed by atoms with Crippen LogP contribution in [0.4, 0.5) is 29.5 Å². The lowest BCUT2D eigenvalue weighted by Crippen LogP contribution is -2.51. The number of aromatic nitrogens is 5. The van der Waals surface area contributed by atoms with Crippen LogP contribution in [0, 0.1) is 0 Å². The van der Waals surface area contributed by atoms with Crippen molar-refractivity contribution in [3.05, 3.63) is 71.0 Å². The van der Waals surface area contributed by atoms with Crippen molar-refractivity contribution < 1.29 is 32.3 Å². The van der Waals surface area contributed by atoms with Gasteiger partial charge in [-0.15, -0.1) is 0 Å². The molecule has 260 valence electrons. The van der Waals surface area contributed by atoms with Crippen LogP contribution < -0.4 is 10.2 Å². The Kier molecular flexibility index (Phi) is 9.63. The quantitative estimate of drug-likeness (QED) is 0.285. The van der Waals surface area contributed by atoms with E-state index in [2.05, 4.69) is 20.4 Å². The largest absolute Gasteiger partial charge is 0.444 e. The smallest absolute Gasteiger partial charge is 0.435 e. The number of nitrogens with one attached hydrogen (secondary N) is 1. The first kappa shape index (κ1) is 35.2. The molecular formula is C32H35ClF3N9O4. The standard InChI is InChI=1S/C32H35ClF3N9O4/c1-31(2,3)49-30(48)44-13-11-43(12-14-44)29(47)21-9-7-19(15-23(21)33)39-28(46)27-38-17-24(42(27)6)22-18-45(40-26(22)32(34,35)36)20-8-10-25(37-16-20)41(4)5/h7-10,15-18H,11-14H2,1-6H3,(H,39,46). The number of ether oxygens (including phenoxy) is 1. The molecule has 0 unspecified atom stereocenters. The number of hydrogen-bond acceptors (Lipinski definition) is 8. The number of pyridine rings is 1. The Morgan fingerprint density at radius 2 is 1.63 bits per heavy atom. The van der Waals surface area contributed by atoms with Gasteiger partial charge < -0.3 is 29.3 Å². The van der Waals surface area contributed by atoms with E-state index in [-0.39, 0.29) is 52.4 Å². The molecule has 3 amide bonds. The minimum Gasteiger partial charge on any atom is -0.444 e. The summed E-state index contributed by atoms with van der Waals surface area (Å²) in [6, 6.07) is 7.60. The van der Waals surface area contributed by atoms with Crippen molar-refractivity contribution in [2.75, 3.05) is 50.5 Å². The number of hydrogen-bond donors (Lipinski definition) is 1. The van der Waals surface area contributed by atoms with Gasteiger partial charge in [-0.05, 0) is 51.1 Å². The molecule has 1 fully saturated rings. The number of amides is 3. The summed E-state index contributed by atoms with van der Waals surface area (Å²) in [5.41, 5.74) is -1.31. The van der Waals surface area contributed by atoms with Gasteiger partial charge in [0.2, 0.25) is 0 Å². The highest BCUT2D eigenvalue weighted by atomic mass is 35.5. The minimum atomic E-state index is -4.80. The SMILES string of the molecule is CN(C)c1ccc(-n2cc(-c3cnc(C(=O)Nc4ccc(C(=O)N5CCN(C(=O)OC(C)(C)C)CC5)c(Cl)c4)n3C)c(C(F)(F)F)n2)cn1. The average Bonchev–Trinajstić information content (AvgIpc) is 3.64. The first-order valence-electron chi connectivity index (χ1n) is 15.1. The lowest BCUT2D eigenvalue weighted by atomic mass is 10.1. The van der Waals surface area contributed by atoms with Crippen LogP contribution in [0.3, 0.4) is 0 Å². The van der Waals surface area contributed by atoms with Crippen LogP contribution in [0.5, 0.6) is 0 Å². The molecule has 4 aromatic rings. The first-order chi connectivity index (χ1) is 22.9. The molecule has 17 heteroatoms. The van der Waals surface area contributed by atoms with Crippen molar-refractivity contribution in [1.29, 1.82) is 0 Å². The normalized spacial score (nSPS) is 13.8. The molecule has 1 aromatic carbocycles. The van der Waals surface area contributed by atoms with Gasteiger partial charge in [0.05, 0.1) is 39.9 Å². The summed E-state index contributed by atoms with van der Waals surface area (Å²) in [6.45, 7) is 6.49. The summed E-state index contributed by atoms with van der Waals surface area (Å²) in [4.78, 5) is 52.0. The summed E-state index contributed by atoms with van der Waals surface area (Å²) < 4.78 is 50.0. The Hall–Kier alpha value is -5.12. The summed E-state index contributed by atoms with van der Waals surface area (Å²) in [7, 11) is 4.99. The fraction of sp³-hybridized carbons (Fsp3) is 0.375. The van der Waals surface area contributed by atoms with E-state index in [4.69, 9.17) is 16.3 Å². The zero-order valence-corrected chi connectivity index (χ0v) is 28.4. The summed E-state index contributed by atoms with van der Waals surface area (Å²) in [5, 5.41) is 6.49. The van der Waals surface area contributed by atoms with E-state index in [9.17, 15) is 27.6 Å². The van der Waals surface area contributed by atoms with Crippen molar-refractivity contribution in [3.63, 3.8) is 0 Å². The number of piperazine rings is 1. The van der Waals surface area contributed by atoms with E-state index >= 15 is 0 Å². The Morgan fingerprint density at radius 1 is 0.959 bits per heavy atom. The van der Waals surface area contributed by atoms with Gasteiger partial charge in [-0.2, -0.15) is 18.3 Å². The van der Waals surface area contributed by atoms with Crippen LogP contribution in [-0.2, 0) is 18.0 Å². The number of imidazole rings is 1. The second-order valence-electron chi connectivity index (χ2n) is 12.5. The molecule has 0 bridgehead atoms. The van der Waals surface area contributed by atoms with Crippen molar-refractivity contribution in [1.82, 2.24) is 34.1 Å². The van der Waals surface area contributed by atoms with E-state index in [1.165, 1.54) is 47.1 Å². The highest BCUT2D eigenvalue weighted by Crippen LogP contribution is 2.37. The Morgan fingerprint density at radius 3 is 2.20 bits per heavy atom. The molecule has 1 N–H and O–H groups in total. The molecule has 1 aliphatic rings. The fourth-order valence-corrected chi connectivity index (χ4v) is 5.36. The Balaban J connectivity index is 1.29. The Labute approximate surface area is 285 Å². The van der Waals surface area contributed by atoms with Gasteiger partial charge >= 0.3 is 12.3 Å². The lowest BCUT2D eigenvalue weighted by Gasteiger charge is -2.35. The number of alkyl halides is 3. The van der Waals surface area contributed by atoms with Crippen LogP contribution >= 0.6 is 11.6 Å². The van der Waals surface area contributed by atoms with Gasteiger partial charge in [0, 0.05) is 59.2 Å². The van der Waals surface area contributed by atoms with E-state index in [0.29, 0.717) is 24.6 Å². The molecule has 0 atom stereocenters. The molecule has 49 heavy (non-hydrogen) atoms. The van der Waals surface area contributed by atoms with Crippen molar-refractivity contribution in [3.8, 4) is 16.9 Å². The molecule has 0 spiro atoms. The van der Waals surface area contributed by atoms with Gasteiger partial charge in [-0.3, -0.25) is 9.59 Å². The van der Waals surface area contributed by atoms with Crippen molar-refractivity contribution in [2.24, 2.45) is 7.05 Å². The molecule has 5 rings (SSSR count). The van der Waals surface area contributed by atoms with Crippen LogP contribution in [-0.4, -0.2) is 97.9 Å². The zero-order valence-electron chi connectivity index (χ0n) is 27.7. The molecule has 1 saturated heterocycles. The fourth-order valence-electron chi connectivity index (χ4n) is 5.09. The maximum absolute atomic E-state index is 14.1. The van der Waals surface area contributed by atoms with E-state index < -0.39 is 29.5 Å². The predicted molar refractivity (Wildman–Crippen MR) is 176 cm³/mol. The number of anilines is 2. The average molecular weight is 702 g/mol. The lowest BCUT2D eigenvalue weighted by molar-refractivity contribution is -0.140. The van der Waals surface area contributed by atoms with Gasteiger partial charge in [0.1, 0.15) is 11.4 Å². The predicted octanol–water partition coefficient (Wildman–Crippen LogP) is 5.35. The van der Waals surface area contributed by atoms with Crippen molar-refractivity contribution in [2.45, 2.75) is 32.5 Å². The maximum atomic E-state index is 14.1. The first-order valence-corrected chi connectivity index (χ1v) is 15.5. The third-order valence-electron chi connectivity index (χ3n) is 7.58. The van der Waals surface area contributed by atoms with Crippen LogP contribution in [0.2, 0.25) is 5.02 Å². The molecule has 3 aromatic heterocycles. The second kappa shape index (κ2) is 13.4. The monoisotopic (exact) mass is 701 g/mol. The zero-order chi connectivity index (χ0) is 35.8. The number of carbonyl (C=O) groups excluding carboxylic acids is 3. The molecule has 0 saturated carbocycles. The maximum Gasteiger partial charge on any atom is 0.435 e. The highest BCUT2D eigenvalue weighted by Gasteiger charge is 2.39. The molecule has 0 aliphatic carbocycles. The molecule has 1 aliphatic heterocycles. The summed E-state index contributed by atoms with van der Waals surface area (Å²) >= 11 is 6.45. The minimum absolute atomic E-state index is 0.00680. The number of halogens is 4. The highest BCUT2D eigenvalue weighted by molar-refractivity contribution is 6.34. The van der Waals surface area contributed by atoms with Gasteiger partial charge in [0.25, 0.3) is 11.8 Å². The number of carbonyl (C=O) groups is 3. The van der Waals surface area contributed by atoms with Gasteiger partial charge in [0.15, 0.2) is 11.5 Å². The summed E-state index contributed by atoms with van der Waals surface area (Å²) in [6.07, 6.45) is -1.47. The van der Waals surface area contributed by atoms with E-state index in [1.54, 1.807) is 56.8 Å². The topological polar surface area (TPSA) is 131 Å². The molecule has 13 nitrogen and oxygen atoms in total. The molecular weight excluding hydrogens is 667 g/mol. The third-order valence-corrected chi connectivity index (χ3v) is 7.89. The van der Waals surface area contributed by atoms with Crippen LogP contribution in [0.25, 0.3) is 16.9 Å². The Bertz CT molecular complexity index is 1870. The van der Waals surface area contributed by atoms with Crippen LogP contribution in [0.1, 0.15) is 47.4 Å². The van der Waals surface area contributed by atoms with E-state index in [0.717, 1.165) is 10.9 Å². The molecule has 4 heterocycles. The molecule has 0 radical (unpaired) electrons. The third kappa shape index (κ3) is 7.80. The van der Waals surface area contributed by atoms with Crippen LogP contribution in [0.15, 0.2) is 48.9 Å². The van der Waals surface area contributed by atoms with Gasteiger partial charge in [-0.25, -0.2) is 19.4 Å². The van der Waals surface area contributed by atoms with Crippen molar-refractivity contribution >= 4 is 41.0 Å². The number of nitrogens with zero attached hydrogens (tertiary/aromatic N) is 8. The summed E-state index contributed by atoms with van der Waals surface area (Å²) in [5.74, 6) is -0.614. The number of benzene rings is 1. The number of rotatable bonds is 6.